The summed E-state index contributed by atoms with van der Waals surface area (Å²) in [5, 5.41) is 6.33. The number of hydrogen-bond acceptors (Lipinski definition) is 3. The van der Waals surface area contributed by atoms with Crippen molar-refractivity contribution in [1.82, 2.24) is 9.78 Å². The summed E-state index contributed by atoms with van der Waals surface area (Å²) in [5.74, 6) is -0.314. The normalized spacial score (nSPS) is 10.8. The third-order valence-electron chi connectivity index (χ3n) is 3.53. The Morgan fingerprint density at radius 3 is 2.64 bits per heavy atom. The highest BCUT2D eigenvalue weighted by Crippen LogP contribution is 2.22. The molecule has 2 aromatic carbocycles. The number of aromatic nitrogens is 2. The Morgan fingerprint density at radius 1 is 1.18 bits per heavy atom. The van der Waals surface area contributed by atoms with Gasteiger partial charge in [-0.2, -0.15) is 5.10 Å². The first kappa shape index (κ1) is 14.6. The van der Waals surface area contributed by atoms with Crippen molar-refractivity contribution in [2.24, 2.45) is 0 Å². The van der Waals surface area contributed by atoms with E-state index in [0.717, 1.165) is 22.2 Å². The van der Waals surface area contributed by atoms with Crippen molar-refractivity contribution in [3.63, 3.8) is 0 Å². The van der Waals surface area contributed by atoms with E-state index >= 15 is 0 Å². The molecule has 0 aliphatic rings. The molecule has 1 heterocycles. The molecule has 22 heavy (non-hydrogen) atoms. The van der Waals surface area contributed by atoms with E-state index < -0.39 is 0 Å². The summed E-state index contributed by atoms with van der Waals surface area (Å²) in [4.78, 5) is 11.5. The topological polar surface area (TPSA) is 44.1 Å². The van der Waals surface area contributed by atoms with Crippen LogP contribution in [0.15, 0.2) is 48.5 Å². The minimum absolute atomic E-state index is 0.109. The lowest BCUT2D eigenvalue weighted by atomic mass is 10.1. The molecule has 0 aliphatic carbocycles. The van der Waals surface area contributed by atoms with E-state index in [9.17, 15) is 4.79 Å². The smallest absolute Gasteiger partial charge is 0.327 e. The maximum Gasteiger partial charge on any atom is 0.327 e. The predicted molar refractivity (Wildman–Crippen MR) is 86.0 cm³/mol. The van der Waals surface area contributed by atoms with Gasteiger partial charge in [0.1, 0.15) is 6.54 Å². The van der Waals surface area contributed by atoms with Gasteiger partial charge in [0.2, 0.25) is 0 Å². The molecule has 0 N–H and O–H groups in total. The molecular formula is C17H15ClN2O2. The van der Waals surface area contributed by atoms with Crippen molar-refractivity contribution in [1.29, 1.82) is 0 Å². The SMILES string of the molecule is COC(=O)Cn1nc(Cc2ccc(Cl)cc2)c2ccccc21. The highest BCUT2D eigenvalue weighted by Gasteiger charge is 2.13. The third kappa shape index (κ3) is 2.97. The zero-order chi connectivity index (χ0) is 15.5. The van der Waals surface area contributed by atoms with Crippen molar-refractivity contribution in [2.75, 3.05) is 7.11 Å². The van der Waals surface area contributed by atoms with Crippen LogP contribution in [0, 0.1) is 0 Å². The molecular weight excluding hydrogens is 300 g/mol. The van der Waals surface area contributed by atoms with Gasteiger partial charge in [-0.05, 0) is 23.8 Å². The Morgan fingerprint density at radius 2 is 1.91 bits per heavy atom. The second kappa shape index (κ2) is 6.20. The second-order valence-corrected chi connectivity index (χ2v) is 5.44. The summed E-state index contributed by atoms with van der Waals surface area (Å²) in [7, 11) is 1.38. The minimum Gasteiger partial charge on any atom is -0.468 e. The van der Waals surface area contributed by atoms with E-state index in [1.165, 1.54) is 7.11 Å². The summed E-state index contributed by atoms with van der Waals surface area (Å²) in [6.07, 6.45) is 0.686. The van der Waals surface area contributed by atoms with Gasteiger partial charge < -0.3 is 4.74 Å². The number of methoxy groups -OCH3 is 1. The van der Waals surface area contributed by atoms with Crippen molar-refractivity contribution >= 4 is 28.5 Å². The Hall–Kier alpha value is -2.33. The lowest BCUT2D eigenvalue weighted by molar-refractivity contribution is -0.141. The molecule has 4 nitrogen and oxygen atoms in total. The first-order valence-corrected chi connectivity index (χ1v) is 7.31. The third-order valence-corrected chi connectivity index (χ3v) is 3.78. The molecule has 0 bridgehead atoms. The second-order valence-electron chi connectivity index (χ2n) is 5.00. The molecule has 0 saturated heterocycles. The van der Waals surface area contributed by atoms with E-state index in [0.29, 0.717) is 11.4 Å². The van der Waals surface area contributed by atoms with E-state index in [-0.39, 0.29) is 12.5 Å². The highest BCUT2D eigenvalue weighted by atomic mass is 35.5. The molecule has 0 spiro atoms. The van der Waals surface area contributed by atoms with E-state index in [4.69, 9.17) is 16.3 Å². The molecule has 0 atom stereocenters. The molecule has 0 radical (unpaired) electrons. The Labute approximate surface area is 133 Å². The number of esters is 1. The first-order chi connectivity index (χ1) is 10.7. The van der Waals surface area contributed by atoms with Crippen LogP contribution in [0.25, 0.3) is 10.9 Å². The standard InChI is InChI=1S/C17H15ClN2O2/c1-22-17(21)11-20-16-5-3-2-4-14(16)15(19-20)10-12-6-8-13(18)9-7-12/h2-9H,10-11H2,1H3. The summed E-state index contributed by atoms with van der Waals surface area (Å²) in [5.41, 5.74) is 2.98. The zero-order valence-corrected chi connectivity index (χ0v) is 12.9. The van der Waals surface area contributed by atoms with E-state index in [1.807, 2.05) is 48.5 Å². The average Bonchev–Trinajstić information content (AvgIpc) is 2.87. The minimum atomic E-state index is -0.314. The number of benzene rings is 2. The lowest BCUT2D eigenvalue weighted by Crippen LogP contribution is -2.12. The van der Waals surface area contributed by atoms with Gasteiger partial charge in [-0.15, -0.1) is 0 Å². The van der Waals surface area contributed by atoms with Gasteiger partial charge in [-0.1, -0.05) is 41.9 Å². The van der Waals surface area contributed by atoms with Crippen molar-refractivity contribution in [3.8, 4) is 0 Å². The molecule has 3 aromatic rings. The number of hydrogen-bond donors (Lipinski definition) is 0. The maximum atomic E-state index is 11.5. The van der Waals surface area contributed by atoms with Gasteiger partial charge in [0.15, 0.2) is 0 Å². The number of carbonyl (C=O) groups excluding carboxylic acids is 1. The van der Waals surface area contributed by atoms with Gasteiger partial charge in [0.25, 0.3) is 0 Å². The van der Waals surface area contributed by atoms with Crippen LogP contribution in [-0.2, 0) is 22.5 Å². The Bertz CT molecular complexity index is 809. The van der Waals surface area contributed by atoms with Gasteiger partial charge in [0, 0.05) is 16.8 Å². The van der Waals surface area contributed by atoms with Crippen LogP contribution < -0.4 is 0 Å². The van der Waals surface area contributed by atoms with Crippen LogP contribution >= 0.6 is 11.6 Å². The monoisotopic (exact) mass is 314 g/mol. The average molecular weight is 315 g/mol. The van der Waals surface area contributed by atoms with E-state index in [1.54, 1.807) is 4.68 Å². The number of ether oxygens (including phenoxy) is 1. The van der Waals surface area contributed by atoms with Gasteiger partial charge in [-0.25, -0.2) is 0 Å². The predicted octanol–water partition coefficient (Wildman–Crippen LogP) is 3.45. The number of rotatable bonds is 4. The first-order valence-electron chi connectivity index (χ1n) is 6.93. The fourth-order valence-corrected chi connectivity index (χ4v) is 2.56. The van der Waals surface area contributed by atoms with Crippen LogP contribution in [0.3, 0.4) is 0 Å². The van der Waals surface area contributed by atoms with Crippen LogP contribution in [0.1, 0.15) is 11.3 Å². The van der Waals surface area contributed by atoms with E-state index in [2.05, 4.69) is 5.10 Å². The molecule has 0 fully saturated rings. The van der Waals surface area contributed by atoms with Gasteiger partial charge in [-0.3, -0.25) is 9.48 Å². The van der Waals surface area contributed by atoms with Crippen LogP contribution in [0.4, 0.5) is 0 Å². The number of fused-ring (bicyclic) bond motifs is 1. The summed E-state index contributed by atoms with van der Waals surface area (Å²) < 4.78 is 6.42. The molecule has 1 aromatic heterocycles. The summed E-state index contributed by atoms with van der Waals surface area (Å²) >= 11 is 5.92. The molecule has 0 saturated carbocycles. The summed E-state index contributed by atoms with van der Waals surface area (Å²) in [6.45, 7) is 0.109. The van der Waals surface area contributed by atoms with Crippen LogP contribution in [0.5, 0.6) is 0 Å². The molecule has 112 valence electrons. The number of carbonyl (C=O) groups is 1. The Balaban J connectivity index is 1.98. The molecule has 0 unspecified atom stereocenters. The van der Waals surface area contributed by atoms with Crippen molar-refractivity contribution < 1.29 is 9.53 Å². The maximum absolute atomic E-state index is 11.5. The molecule has 0 amide bonds. The summed E-state index contributed by atoms with van der Waals surface area (Å²) in [6, 6.07) is 15.6. The molecule has 3 rings (SSSR count). The Kier molecular flexibility index (Phi) is 4.11. The fourth-order valence-electron chi connectivity index (χ4n) is 2.43. The number of nitrogens with zero attached hydrogens (tertiary/aromatic N) is 2. The quantitative estimate of drug-likeness (QED) is 0.693. The van der Waals surface area contributed by atoms with Gasteiger partial charge in [0.05, 0.1) is 18.3 Å². The molecule has 0 aliphatic heterocycles. The number of halogens is 1. The zero-order valence-electron chi connectivity index (χ0n) is 12.1. The van der Waals surface area contributed by atoms with Crippen molar-refractivity contribution in [2.45, 2.75) is 13.0 Å². The van der Waals surface area contributed by atoms with Crippen molar-refractivity contribution in [3.05, 3.63) is 64.8 Å². The van der Waals surface area contributed by atoms with Crippen LogP contribution in [0.2, 0.25) is 5.02 Å². The lowest BCUT2D eigenvalue weighted by Gasteiger charge is -2.01. The van der Waals surface area contributed by atoms with Gasteiger partial charge >= 0.3 is 5.97 Å². The number of para-hydroxylation sites is 1. The highest BCUT2D eigenvalue weighted by molar-refractivity contribution is 6.30. The molecule has 5 heteroatoms. The van der Waals surface area contributed by atoms with Crippen LogP contribution in [-0.4, -0.2) is 22.9 Å². The fraction of sp³-hybridized carbons (Fsp3) is 0.176. The largest absolute Gasteiger partial charge is 0.468 e.